The van der Waals surface area contributed by atoms with Gasteiger partial charge >= 0.3 is 6.09 Å². The van der Waals surface area contributed by atoms with E-state index in [1.54, 1.807) is 0 Å². The Kier molecular flexibility index (Phi) is 6.75. The van der Waals surface area contributed by atoms with Crippen molar-refractivity contribution < 1.29 is 9.90 Å². The maximum atomic E-state index is 12.4. The molecule has 1 aliphatic rings. The molecule has 4 heteroatoms. The summed E-state index contributed by atoms with van der Waals surface area (Å²) < 4.78 is 0. The molecule has 0 bridgehead atoms. The molecule has 0 saturated carbocycles. The Morgan fingerprint density at radius 2 is 0.977 bits per heavy atom. The molecule has 0 atom stereocenters. The molecule has 44 heavy (non-hydrogen) atoms. The Bertz CT molecular complexity index is 1950. The monoisotopic (exact) mass is 572 g/mol. The van der Waals surface area contributed by atoms with Gasteiger partial charge in [0.1, 0.15) is 0 Å². The van der Waals surface area contributed by atoms with Crippen molar-refractivity contribution in [2.75, 3.05) is 9.80 Å². The molecular weight excluding hydrogens is 540 g/mol. The SMILES string of the molecule is CC1(C)c2ccccc2N(C(=O)O)c2ccc(-c3ccc(N(c4ccccc4)c4ccc(-c5ccccc5)cc4)cc3)cc21. The van der Waals surface area contributed by atoms with Gasteiger partial charge < -0.3 is 10.0 Å². The van der Waals surface area contributed by atoms with Crippen LogP contribution in [-0.2, 0) is 5.41 Å². The highest BCUT2D eigenvalue weighted by Crippen LogP contribution is 2.50. The summed E-state index contributed by atoms with van der Waals surface area (Å²) in [4.78, 5) is 16.1. The molecule has 0 unspecified atom stereocenters. The number of carboxylic acid groups (broad SMARTS) is 1. The maximum absolute atomic E-state index is 12.4. The van der Waals surface area contributed by atoms with Gasteiger partial charge in [0.25, 0.3) is 0 Å². The number of benzene rings is 6. The van der Waals surface area contributed by atoms with Crippen LogP contribution in [0.15, 0.2) is 152 Å². The highest BCUT2D eigenvalue weighted by Gasteiger charge is 2.38. The van der Waals surface area contributed by atoms with Crippen LogP contribution >= 0.6 is 0 Å². The number of para-hydroxylation sites is 2. The van der Waals surface area contributed by atoms with Gasteiger partial charge in [-0.1, -0.05) is 111 Å². The lowest BCUT2D eigenvalue weighted by Crippen LogP contribution is -2.35. The average molecular weight is 573 g/mol. The smallest absolute Gasteiger partial charge is 0.416 e. The molecule has 1 amide bonds. The first-order chi connectivity index (χ1) is 21.4. The summed E-state index contributed by atoms with van der Waals surface area (Å²) in [7, 11) is 0. The second-order valence-electron chi connectivity index (χ2n) is 11.6. The molecule has 0 saturated heterocycles. The molecule has 1 aliphatic heterocycles. The largest absolute Gasteiger partial charge is 0.464 e. The average Bonchev–Trinajstić information content (AvgIpc) is 3.06. The Morgan fingerprint density at radius 3 is 1.59 bits per heavy atom. The molecular formula is C40H32N2O2. The van der Waals surface area contributed by atoms with Crippen molar-refractivity contribution in [1.82, 2.24) is 0 Å². The molecule has 6 aromatic rings. The predicted octanol–water partition coefficient (Wildman–Crippen LogP) is 10.9. The van der Waals surface area contributed by atoms with Crippen LogP contribution in [0.1, 0.15) is 25.0 Å². The van der Waals surface area contributed by atoms with Crippen molar-refractivity contribution in [2.45, 2.75) is 19.3 Å². The standard InChI is InChI=1S/C40H32N2O2/c1-40(2)35-15-9-10-16-37(35)42(39(43)44)38-26-21-31(27-36(38)40)30-19-24-34(25-20-30)41(32-13-7-4-8-14-32)33-22-17-29(18-23-33)28-11-5-3-6-12-28/h3-27H,1-2H3,(H,43,44). The number of fused-ring (bicyclic) bond motifs is 2. The number of carbonyl (C=O) groups is 1. The van der Waals surface area contributed by atoms with E-state index in [1.807, 2.05) is 48.5 Å². The van der Waals surface area contributed by atoms with Gasteiger partial charge in [-0.3, -0.25) is 0 Å². The minimum atomic E-state index is -0.982. The first-order valence-corrected chi connectivity index (χ1v) is 14.8. The van der Waals surface area contributed by atoms with Crippen LogP contribution in [0.2, 0.25) is 0 Å². The summed E-state index contributed by atoms with van der Waals surface area (Å²) in [5, 5.41) is 10.2. The van der Waals surface area contributed by atoms with Gasteiger partial charge in [-0.25, -0.2) is 9.69 Å². The van der Waals surface area contributed by atoms with Crippen molar-refractivity contribution in [1.29, 1.82) is 0 Å². The van der Waals surface area contributed by atoms with Crippen molar-refractivity contribution in [3.8, 4) is 22.3 Å². The number of nitrogens with zero attached hydrogens (tertiary/aromatic N) is 2. The van der Waals surface area contributed by atoms with Crippen molar-refractivity contribution in [3.63, 3.8) is 0 Å². The third-order valence-corrected chi connectivity index (χ3v) is 8.63. The first kappa shape index (κ1) is 27.2. The Labute approximate surface area is 258 Å². The normalized spacial score (nSPS) is 13.1. The van der Waals surface area contributed by atoms with Crippen molar-refractivity contribution in [2.24, 2.45) is 0 Å². The van der Waals surface area contributed by atoms with Crippen LogP contribution in [0.25, 0.3) is 22.3 Å². The zero-order valence-corrected chi connectivity index (χ0v) is 24.7. The molecule has 0 aliphatic carbocycles. The van der Waals surface area contributed by atoms with Gasteiger partial charge in [0, 0.05) is 22.5 Å². The second-order valence-corrected chi connectivity index (χ2v) is 11.6. The predicted molar refractivity (Wildman–Crippen MR) is 181 cm³/mol. The zero-order chi connectivity index (χ0) is 30.3. The summed E-state index contributed by atoms with van der Waals surface area (Å²) in [6.07, 6.45) is -0.982. The van der Waals surface area contributed by atoms with E-state index >= 15 is 0 Å². The van der Waals surface area contributed by atoms with Gasteiger partial charge in [0.15, 0.2) is 0 Å². The van der Waals surface area contributed by atoms with E-state index in [1.165, 1.54) is 16.0 Å². The summed E-state index contributed by atoms with van der Waals surface area (Å²) in [5.74, 6) is 0. The number of hydrogen-bond acceptors (Lipinski definition) is 2. The van der Waals surface area contributed by atoms with Crippen LogP contribution in [-0.4, -0.2) is 11.2 Å². The van der Waals surface area contributed by atoms with Crippen LogP contribution in [0.3, 0.4) is 0 Å². The number of hydrogen-bond donors (Lipinski definition) is 1. The van der Waals surface area contributed by atoms with E-state index in [2.05, 4.69) is 122 Å². The highest BCUT2D eigenvalue weighted by atomic mass is 16.4. The number of rotatable bonds is 5. The quantitative estimate of drug-likeness (QED) is 0.223. The number of anilines is 5. The van der Waals surface area contributed by atoms with Gasteiger partial charge in [0.2, 0.25) is 0 Å². The van der Waals surface area contributed by atoms with E-state index in [0.29, 0.717) is 11.4 Å². The van der Waals surface area contributed by atoms with Crippen LogP contribution in [0.4, 0.5) is 33.2 Å². The van der Waals surface area contributed by atoms with Gasteiger partial charge in [-0.15, -0.1) is 0 Å². The fourth-order valence-corrected chi connectivity index (χ4v) is 6.35. The molecule has 214 valence electrons. The van der Waals surface area contributed by atoms with E-state index in [0.717, 1.165) is 39.3 Å². The fraction of sp³-hybridized carbons (Fsp3) is 0.0750. The fourth-order valence-electron chi connectivity index (χ4n) is 6.35. The summed E-state index contributed by atoms with van der Waals surface area (Å²) >= 11 is 0. The molecule has 0 radical (unpaired) electrons. The first-order valence-electron chi connectivity index (χ1n) is 14.8. The molecule has 1 heterocycles. The zero-order valence-electron chi connectivity index (χ0n) is 24.7. The van der Waals surface area contributed by atoms with E-state index < -0.39 is 6.09 Å². The van der Waals surface area contributed by atoms with Crippen LogP contribution in [0, 0.1) is 0 Å². The van der Waals surface area contributed by atoms with Gasteiger partial charge in [0.05, 0.1) is 11.4 Å². The molecule has 0 aromatic heterocycles. The highest BCUT2D eigenvalue weighted by molar-refractivity contribution is 6.00. The number of amides is 1. The summed E-state index contributed by atoms with van der Waals surface area (Å²) in [6, 6.07) is 51.9. The molecule has 6 aromatic carbocycles. The van der Waals surface area contributed by atoms with Gasteiger partial charge in [-0.05, 0) is 88.0 Å². The Balaban J connectivity index is 1.25. The van der Waals surface area contributed by atoms with Gasteiger partial charge in [-0.2, -0.15) is 0 Å². The molecule has 4 nitrogen and oxygen atoms in total. The second kappa shape index (κ2) is 10.9. The third-order valence-electron chi connectivity index (χ3n) is 8.63. The lowest BCUT2D eigenvalue weighted by Gasteiger charge is -2.40. The van der Waals surface area contributed by atoms with Crippen LogP contribution in [0.5, 0.6) is 0 Å². The maximum Gasteiger partial charge on any atom is 0.416 e. The lowest BCUT2D eigenvalue weighted by atomic mass is 9.73. The minimum absolute atomic E-state index is 0.357. The van der Waals surface area contributed by atoms with Crippen LogP contribution < -0.4 is 9.80 Å². The Morgan fingerprint density at radius 1 is 0.523 bits per heavy atom. The molecule has 1 N–H and O–H groups in total. The summed E-state index contributed by atoms with van der Waals surface area (Å²) in [6.45, 7) is 4.33. The minimum Gasteiger partial charge on any atom is -0.464 e. The molecule has 0 fully saturated rings. The molecule has 7 rings (SSSR count). The molecule has 0 spiro atoms. The van der Waals surface area contributed by atoms with E-state index in [-0.39, 0.29) is 5.41 Å². The topological polar surface area (TPSA) is 43.8 Å². The van der Waals surface area contributed by atoms with Crippen molar-refractivity contribution in [3.05, 3.63) is 163 Å². The summed E-state index contributed by atoms with van der Waals surface area (Å²) in [5.41, 5.74) is 10.7. The lowest BCUT2D eigenvalue weighted by molar-refractivity contribution is 0.204. The Hall–Kier alpha value is -5.61. The third kappa shape index (κ3) is 4.71. The van der Waals surface area contributed by atoms with E-state index in [9.17, 15) is 9.90 Å². The van der Waals surface area contributed by atoms with E-state index in [4.69, 9.17) is 0 Å². The van der Waals surface area contributed by atoms with Crippen molar-refractivity contribution >= 4 is 34.5 Å².